The Morgan fingerprint density at radius 3 is 2.35 bits per heavy atom. The van der Waals surface area contributed by atoms with Crippen molar-refractivity contribution in [1.82, 2.24) is 13.8 Å². The summed E-state index contributed by atoms with van der Waals surface area (Å²) in [6.45, 7) is 3.54. The van der Waals surface area contributed by atoms with E-state index in [4.69, 9.17) is 0 Å². The zero-order valence-corrected chi connectivity index (χ0v) is 20.4. The molecular formula is C24H31FN4O4S. The minimum Gasteiger partial charge on any atom is -0.345 e. The fraction of sp³-hybridized carbons (Fsp3) is 0.500. The molecule has 184 valence electrons. The number of aryl methyl sites for hydroxylation is 2. The molecule has 34 heavy (non-hydrogen) atoms. The van der Waals surface area contributed by atoms with Gasteiger partial charge in [-0.15, -0.1) is 0 Å². The van der Waals surface area contributed by atoms with Gasteiger partial charge in [0.1, 0.15) is 16.4 Å². The molecule has 2 aliphatic heterocycles. The molecule has 0 spiro atoms. The van der Waals surface area contributed by atoms with E-state index in [0.717, 1.165) is 19.3 Å². The van der Waals surface area contributed by atoms with Crippen LogP contribution in [0.2, 0.25) is 0 Å². The van der Waals surface area contributed by atoms with Gasteiger partial charge in [0.15, 0.2) is 0 Å². The number of carbonyl (C=O) groups excluding carboxylic acids is 2. The smallest absolute Gasteiger partial charge is 0.270 e. The van der Waals surface area contributed by atoms with Crippen LogP contribution in [0.5, 0.6) is 0 Å². The summed E-state index contributed by atoms with van der Waals surface area (Å²) >= 11 is 0. The van der Waals surface area contributed by atoms with Crippen molar-refractivity contribution in [3.63, 3.8) is 0 Å². The number of anilines is 1. The molecule has 10 heteroatoms. The van der Waals surface area contributed by atoms with Crippen LogP contribution >= 0.6 is 0 Å². The standard InChI is InChI=1S/C24H31FN4O4S/c1-17-14-19(25)6-7-21(17)26-23(30)18-8-12-29(13-9-18)34(32,33)20-15-22(27(2)16-20)24(31)28-10-4-3-5-11-28/h6-7,14-16,18H,3-5,8-13H2,1-2H3,(H,26,30). The Morgan fingerprint density at radius 1 is 1.03 bits per heavy atom. The van der Waals surface area contributed by atoms with Crippen molar-refractivity contribution < 1.29 is 22.4 Å². The van der Waals surface area contributed by atoms with Gasteiger partial charge in [-0.3, -0.25) is 9.59 Å². The highest BCUT2D eigenvalue weighted by atomic mass is 32.2. The molecule has 2 saturated heterocycles. The number of carbonyl (C=O) groups is 2. The zero-order valence-electron chi connectivity index (χ0n) is 19.6. The molecule has 0 atom stereocenters. The van der Waals surface area contributed by atoms with E-state index in [1.54, 1.807) is 23.4 Å². The average Bonchev–Trinajstić information content (AvgIpc) is 3.23. The van der Waals surface area contributed by atoms with E-state index in [1.807, 2.05) is 0 Å². The third-order valence-corrected chi connectivity index (χ3v) is 8.62. The summed E-state index contributed by atoms with van der Waals surface area (Å²) in [7, 11) is -2.09. The highest BCUT2D eigenvalue weighted by Gasteiger charge is 2.34. The van der Waals surface area contributed by atoms with Gasteiger partial charge in [-0.1, -0.05) is 0 Å². The first kappa shape index (κ1) is 24.4. The first-order valence-corrected chi connectivity index (χ1v) is 13.1. The third-order valence-electron chi connectivity index (χ3n) is 6.75. The summed E-state index contributed by atoms with van der Waals surface area (Å²) in [5.74, 6) is -1.03. The van der Waals surface area contributed by atoms with Crippen LogP contribution in [0.25, 0.3) is 0 Å². The molecule has 0 unspecified atom stereocenters. The summed E-state index contributed by atoms with van der Waals surface area (Å²) in [6.07, 6.45) is 5.29. The van der Waals surface area contributed by atoms with E-state index in [0.29, 0.717) is 42.9 Å². The van der Waals surface area contributed by atoms with Gasteiger partial charge in [-0.2, -0.15) is 4.31 Å². The maximum Gasteiger partial charge on any atom is 0.270 e. The molecule has 8 nitrogen and oxygen atoms in total. The number of amides is 2. The lowest BCUT2D eigenvalue weighted by atomic mass is 9.97. The molecular weight excluding hydrogens is 459 g/mol. The molecule has 0 saturated carbocycles. The van der Waals surface area contributed by atoms with Gasteiger partial charge < -0.3 is 14.8 Å². The summed E-state index contributed by atoms with van der Waals surface area (Å²) < 4.78 is 42.8. The van der Waals surface area contributed by atoms with Crippen LogP contribution in [0.4, 0.5) is 10.1 Å². The quantitative estimate of drug-likeness (QED) is 0.697. The normalized spacial score (nSPS) is 18.1. The Bertz CT molecular complexity index is 1180. The van der Waals surface area contributed by atoms with E-state index in [1.165, 1.54) is 34.8 Å². The molecule has 1 aromatic carbocycles. The maximum atomic E-state index is 13.3. The Kier molecular flexibility index (Phi) is 7.09. The summed E-state index contributed by atoms with van der Waals surface area (Å²) in [4.78, 5) is 27.4. The molecule has 0 bridgehead atoms. The molecule has 2 aliphatic rings. The van der Waals surface area contributed by atoms with Gasteiger partial charge in [-0.25, -0.2) is 12.8 Å². The topological polar surface area (TPSA) is 91.7 Å². The second-order valence-corrected chi connectivity index (χ2v) is 11.1. The fourth-order valence-corrected chi connectivity index (χ4v) is 6.20. The number of halogens is 1. The summed E-state index contributed by atoms with van der Waals surface area (Å²) in [5, 5.41) is 2.83. The van der Waals surface area contributed by atoms with E-state index >= 15 is 0 Å². The number of nitrogens with one attached hydrogen (secondary N) is 1. The van der Waals surface area contributed by atoms with Crippen molar-refractivity contribution in [1.29, 1.82) is 0 Å². The van der Waals surface area contributed by atoms with Crippen LogP contribution in [0.1, 0.15) is 48.2 Å². The van der Waals surface area contributed by atoms with Crippen LogP contribution in [0, 0.1) is 18.7 Å². The first-order chi connectivity index (χ1) is 16.2. The van der Waals surface area contributed by atoms with E-state index in [2.05, 4.69) is 5.32 Å². The third kappa shape index (κ3) is 5.02. The van der Waals surface area contributed by atoms with E-state index < -0.39 is 10.0 Å². The number of benzene rings is 1. The Labute approximate surface area is 199 Å². The summed E-state index contributed by atoms with van der Waals surface area (Å²) in [6, 6.07) is 5.64. The minimum atomic E-state index is -3.78. The lowest BCUT2D eigenvalue weighted by molar-refractivity contribution is -0.120. The zero-order chi connectivity index (χ0) is 24.5. The fourth-order valence-electron chi connectivity index (χ4n) is 4.66. The molecule has 3 heterocycles. The molecule has 1 N–H and O–H groups in total. The Morgan fingerprint density at radius 2 is 1.71 bits per heavy atom. The highest BCUT2D eigenvalue weighted by molar-refractivity contribution is 7.89. The van der Waals surface area contributed by atoms with Crippen molar-refractivity contribution in [3.05, 3.63) is 47.5 Å². The second-order valence-electron chi connectivity index (χ2n) is 9.15. The van der Waals surface area contributed by atoms with Gasteiger partial charge in [0.25, 0.3) is 5.91 Å². The van der Waals surface area contributed by atoms with E-state index in [-0.39, 0.29) is 41.5 Å². The first-order valence-electron chi connectivity index (χ1n) is 11.7. The maximum absolute atomic E-state index is 13.3. The molecule has 0 radical (unpaired) electrons. The van der Waals surface area contributed by atoms with Crippen molar-refractivity contribution in [2.24, 2.45) is 13.0 Å². The van der Waals surface area contributed by atoms with Gasteiger partial charge in [0.05, 0.1) is 0 Å². The molecule has 2 aromatic rings. The number of sulfonamides is 1. The predicted molar refractivity (Wildman–Crippen MR) is 126 cm³/mol. The van der Waals surface area contributed by atoms with Gasteiger partial charge in [0, 0.05) is 51.0 Å². The number of likely N-dealkylation sites (tertiary alicyclic amines) is 1. The second kappa shape index (κ2) is 9.87. The van der Waals surface area contributed by atoms with Crippen molar-refractivity contribution in [3.8, 4) is 0 Å². The van der Waals surface area contributed by atoms with Crippen molar-refractivity contribution in [2.75, 3.05) is 31.5 Å². The lowest BCUT2D eigenvalue weighted by Crippen LogP contribution is -2.41. The van der Waals surface area contributed by atoms with Crippen molar-refractivity contribution in [2.45, 2.75) is 43.9 Å². The van der Waals surface area contributed by atoms with Crippen LogP contribution in [0.15, 0.2) is 35.4 Å². The van der Waals surface area contributed by atoms with Crippen molar-refractivity contribution >= 4 is 27.5 Å². The number of aromatic nitrogens is 1. The molecule has 2 amide bonds. The minimum absolute atomic E-state index is 0.0974. The highest BCUT2D eigenvalue weighted by Crippen LogP contribution is 2.27. The van der Waals surface area contributed by atoms with Gasteiger partial charge >= 0.3 is 0 Å². The number of hydrogen-bond acceptors (Lipinski definition) is 4. The SMILES string of the molecule is Cc1cc(F)ccc1NC(=O)C1CCN(S(=O)(=O)c2cc(C(=O)N3CCCCC3)n(C)c2)CC1. The molecule has 1 aromatic heterocycles. The van der Waals surface area contributed by atoms with Crippen LogP contribution in [0.3, 0.4) is 0 Å². The Balaban J connectivity index is 1.40. The predicted octanol–water partition coefficient (Wildman–Crippen LogP) is 3.14. The molecule has 2 fully saturated rings. The van der Waals surface area contributed by atoms with Gasteiger partial charge in [0.2, 0.25) is 15.9 Å². The lowest BCUT2D eigenvalue weighted by Gasteiger charge is -2.30. The number of hydrogen-bond donors (Lipinski definition) is 1. The monoisotopic (exact) mass is 490 g/mol. The average molecular weight is 491 g/mol. The number of nitrogens with zero attached hydrogens (tertiary/aromatic N) is 3. The largest absolute Gasteiger partial charge is 0.345 e. The number of rotatable bonds is 5. The van der Waals surface area contributed by atoms with Crippen LogP contribution in [-0.2, 0) is 21.9 Å². The van der Waals surface area contributed by atoms with Gasteiger partial charge in [-0.05, 0) is 68.9 Å². The van der Waals surface area contributed by atoms with Crippen LogP contribution in [-0.4, -0.2) is 60.2 Å². The summed E-state index contributed by atoms with van der Waals surface area (Å²) in [5.41, 5.74) is 1.55. The van der Waals surface area contributed by atoms with E-state index in [9.17, 15) is 22.4 Å². The molecule has 4 rings (SSSR count). The van der Waals surface area contributed by atoms with Crippen LogP contribution < -0.4 is 5.32 Å². The number of piperidine rings is 2. The molecule has 0 aliphatic carbocycles. The Hall–Kier alpha value is -2.72.